The van der Waals surface area contributed by atoms with Gasteiger partial charge in [0.1, 0.15) is 11.6 Å². The average molecular weight is 466 g/mol. The van der Waals surface area contributed by atoms with E-state index in [4.69, 9.17) is 9.15 Å². The van der Waals surface area contributed by atoms with Gasteiger partial charge >= 0.3 is 0 Å². The lowest BCUT2D eigenvalue weighted by Gasteiger charge is -2.11. The van der Waals surface area contributed by atoms with E-state index >= 15 is 0 Å². The first-order valence-electron chi connectivity index (χ1n) is 8.35. The normalized spacial score (nSPS) is 11.9. The Morgan fingerprint density at radius 2 is 2.04 bits per heavy atom. The van der Waals surface area contributed by atoms with Crippen molar-refractivity contribution in [2.75, 3.05) is 5.32 Å². The van der Waals surface area contributed by atoms with Crippen LogP contribution in [0.2, 0.25) is 0 Å². The molecular formula is C19H17BrFN3O3S. The first-order chi connectivity index (χ1) is 13.4. The highest BCUT2D eigenvalue weighted by Crippen LogP contribution is 2.27. The van der Waals surface area contributed by atoms with E-state index in [0.717, 1.165) is 21.8 Å². The second kappa shape index (κ2) is 9.20. The van der Waals surface area contributed by atoms with E-state index in [-0.39, 0.29) is 29.4 Å². The summed E-state index contributed by atoms with van der Waals surface area (Å²) in [6.07, 6.45) is 0. The average Bonchev–Trinajstić information content (AvgIpc) is 3.11. The molecule has 1 unspecified atom stereocenters. The zero-order chi connectivity index (χ0) is 20.1. The smallest absolute Gasteiger partial charge is 0.277 e. The highest BCUT2D eigenvalue weighted by atomic mass is 79.9. The van der Waals surface area contributed by atoms with Crippen LogP contribution in [-0.2, 0) is 11.4 Å². The van der Waals surface area contributed by atoms with Gasteiger partial charge in [0.25, 0.3) is 11.1 Å². The molecule has 0 aliphatic heterocycles. The molecule has 0 saturated heterocycles. The third-order valence-corrected chi connectivity index (χ3v) is 5.24. The first-order valence-corrected chi connectivity index (χ1v) is 10.0. The van der Waals surface area contributed by atoms with E-state index in [2.05, 4.69) is 31.4 Å². The summed E-state index contributed by atoms with van der Waals surface area (Å²) >= 11 is 4.59. The van der Waals surface area contributed by atoms with E-state index < -0.39 is 5.25 Å². The van der Waals surface area contributed by atoms with E-state index in [0.29, 0.717) is 11.4 Å². The molecule has 3 aromatic rings. The van der Waals surface area contributed by atoms with Crippen molar-refractivity contribution >= 4 is 39.3 Å². The maximum absolute atomic E-state index is 12.9. The Balaban J connectivity index is 1.53. The standard InChI is InChI=1S/C19H17BrFN3O3S/c1-11-3-8-16(15(20)9-11)22-18(25)12(2)28-19-24-23-17(27-19)10-26-14-6-4-13(21)5-7-14/h3-9,12H,10H2,1-2H3,(H,22,25). The summed E-state index contributed by atoms with van der Waals surface area (Å²) in [5.74, 6) is 0.233. The molecule has 146 valence electrons. The van der Waals surface area contributed by atoms with Gasteiger partial charge in [0, 0.05) is 4.47 Å². The molecule has 9 heteroatoms. The van der Waals surface area contributed by atoms with Gasteiger partial charge in [0.05, 0.1) is 10.9 Å². The number of anilines is 1. The van der Waals surface area contributed by atoms with Gasteiger partial charge in [0.15, 0.2) is 6.61 Å². The maximum Gasteiger partial charge on any atom is 0.277 e. The van der Waals surface area contributed by atoms with Crippen molar-refractivity contribution in [3.05, 3.63) is 64.2 Å². The fourth-order valence-corrected chi connectivity index (χ4v) is 3.47. The molecule has 0 spiro atoms. The number of aryl methyl sites for hydroxylation is 1. The van der Waals surface area contributed by atoms with E-state index in [1.807, 2.05) is 25.1 Å². The SMILES string of the molecule is Cc1ccc(NC(=O)C(C)Sc2nnc(COc3ccc(F)cc3)o2)c(Br)c1. The van der Waals surface area contributed by atoms with Crippen LogP contribution in [0.15, 0.2) is 56.6 Å². The van der Waals surface area contributed by atoms with Crippen LogP contribution >= 0.6 is 27.7 Å². The number of halogens is 2. The summed E-state index contributed by atoms with van der Waals surface area (Å²) in [7, 11) is 0. The van der Waals surface area contributed by atoms with Crippen molar-refractivity contribution in [1.82, 2.24) is 10.2 Å². The predicted octanol–water partition coefficient (Wildman–Crippen LogP) is 4.98. The Morgan fingerprint density at radius 3 is 2.75 bits per heavy atom. The molecule has 0 aliphatic carbocycles. The number of benzene rings is 2. The molecule has 1 aromatic heterocycles. The first kappa shape index (κ1) is 20.3. The van der Waals surface area contributed by atoms with Crippen LogP contribution < -0.4 is 10.1 Å². The van der Waals surface area contributed by atoms with Crippen molar-refractivity contribution in [2.45, 2.75) is 30.9 Å². The molecule has 1 heterocycles. The van der Waals surface area contributed by atoms with Crippen molar-refractivity contribution in [3.8, 4) is 5.75 Å². The molecule has 0 bridgehead atoms. The minimum Gasteiger partial charge on any atom is -0.484 e. The summed E-state index contributed by atoms with van der Waals surface area (Å²) in [5.41, 5.74) is 1.79. The largest absolute Gasteiger partial charge is 0.484 e. The summed E-state index contributed by atoms with van der Waals surface area (Å²) in [6, 6.07) is 11.3. The highest BCUT2D eigenvalue weighted by molar-refractivity contribution is 9.10. The molecule has 0 radical (unpaired) electrons. The number of thioether (sulfide) groups is 1. The zero-order valence-corrected chi connectivity index (χ0v) is 17.5. The van der Waals surface area contributed by atoms with Crippen LogP contribution in [0.1, 0.15) is 18.4 Å². The van der Waals surface area contributed by atoms with Gasteiger partial charge in [-0.2, -0.15) is 0 Å². The molecule has 1 atom stereocenters. The van der Waals surface area contributed by atoms with Gasteiger partial charge in [0.2, 0.25) is 5.91 Å². The van der Waals surface area contributed by atoms with Crippen LogP contribution in [0.4, 0.5) is 10.1 Å². The van der Waals surface area contributed by atoms with Gasteiger partial charge in [-0.05, 0) is 71.7 Å². The van der Waals surface area contributed by atoms with E-state index in [9.17, 15) is 9.18 Å². The van der Waals surface area contributed by atoms with E-state index in [1.165, 1.54) is 24.3 Å². The summed E-state index contributed by atoms with van der Waals surface area (Å²) in [5, 5.41) is 10.5. The molecule has 0 saturated carbocycles. The summed E-state index contributed by atoms with van der Waals surface area (Å²) in [6.45, 7) is 3.78. The predicted molar refractivity (Wildman–Crippen MR) is 108 cm³/mol. The molecule has 0 aliphatic rings. The number of aromatic nitrogens is 2. The monoisotopic (exact) mass is 465 g/mol. The van der Waals surface area contributed by atoms with Crippen molar-refractivity contribution in [3.63, 3.8) is 0 Å². The Labute approximate surface area is 174 Å². The Hall–Kier alpha value is -2.39. The molecule has 3 rings (SSSR count). The maximum atomic E-state index is 12.9. The van der Waals surface area contributed by atoms with Gasteiger partial charge < -0.3 is 14.5 Å². The van der Waals surface area contributed by atoms with Crippen LogP contribution in [0.5, 0.6) is 5.75 Å². The fraction of sp³-hybridized carbons (Fsp3) is 0.211. The van der Waals surface area contributed by atoms with Crippen LogP contribution in [0.3, 0.4) is 0 Å². The molecule has 1 amide bonds. The fourth-order valence-electron chi connectivity index (χ4n) is 2.18. The molecular weight excluding hydrogens is 449 g/mol. The van der Waals surface area contributed by atoms with Gasteiger partial charge in [-0.25, -0.2) is 4.39 Å². The number of rotatable bonds is 7. The Morgan fingerprint density at radius 1 is 1.29 bits per heavy atom. The van der Waals surface area contributed by atoms with Crippen molar-refractivity contribution in [1.29, 1.82) is 0 Å². The highest BCUT2D eigenvalue weighted by Gasteiger charge is 2.19. The quantitative estimate of drug-likeness (QED) is 0.495. The third kappa shape index (κ3) is 5.56. The minimum absolute atomic E-state index is 0.0517. The minimum atomic E-state index is -0.445. The topological polar surface area (TPSA) is 77.2 Å². The number of hydrogen-bond acceptors (Lipinski definition) is 6. The van der Waals surface area contributed by atoms with Crippen molar-refractivity contribution < 1.29 is 18.3 Å². The van der Waals surface area contributed by atoms with Crippen LogP contribution in [0, 0.1) is 12.7 Å². The summed E-state index contributed by atoms with van der Waals surface area (Å²) < 4.78 is 24.6. The van der Waals surface area contributed by atoms with Gasteiger partial charge in [-0.15, -0.1) is 10.2 Å². The van der Waals surface area contributed by atoms with Crippen LogP contribution in [0.25, 0.3) is 0 Å². The number of amides is 1. The molecule has 0 fully saturated rings. The molecule has 1 N–H and O–H groups in total. The second-order valence-corrected chi connectivity index (χ2v) is 8.08. The second-order valence-electron chi connectivity index (χ2n) is 5.94. The number of nitrogens with zero attached hydrogens (tertiary/aromatic N) is 2. The lowest BCUT2D eigenvalue weighted by molar-refractivity contribution is -0.115. The zero-order valence-electron chi connectivity index (χ0n) is 15.1. The van der Waals surface area contributed by atoms with E-state index in [1.54, 1.807) is 6.92 Å². The lowest BCUT2D eigenvalue weighted by Crippen LogP contribution is -2.22. The number of nitrogens with one attached hydrogen (secondary N) is 1. The Bertz CT molecular complexity index is 965. The molecule has 28 heavy (non-hydrogen) atoms. The number of ether oxygens (including phenoxy) is 1. The summed E-state index contributed by atoms with van der Waals surface area (Å²) in [4.78, 5) is 12.4. The number of hydrogen-bond donors (Lipinski definition) is 1. The molecule has 6 nitrogen and oxygen atoms in total. The lowest BCUT2D eigenvalue weighted by atomic mass is 10.2. The van der Waals surface area contributed by atoms with Crippen LogP contribution in [-0.4, -0.2) is 21.4 Å². The molecule has 2 aromatic carbocycles. The number of carbonyl (C=O) groups is 1. The third-order valence-electron chi connectivity index (χ3n) is 3.65. The van der Waals surface area contributed by atoms with Gasteiger partial charge in [-0.1, -0.05) is 17.8 Å². The van der Waals surface area contributed by atoms with Gasteiger partial charge in [-0.3, -0.25) is 4.79 Å². The number of carbonyl (C=O) groups excluding carboxylic acids is 1. The Kier molecular flexibility index (Phi) is 6.69. The van der Waals surface area contributed by atoms with Crippen molar-refractivity contribution in [2.24, 2.45) is 0 Å².